The van der Waals surface area contributed by atoms with Gasteiger partial charge in [0.15, 0.2) is 0 Å². The average Bonchev–Trinajstić information content (AvgIpc) is 2.69. The van der Waals surface area contributed by atoms with Crippen molar-refractivity contribution in [3.05, 3.63) is 66.6 Å². The topological polar surface area (TPSA) is 87.2 Å². The SMILES string of the molecule is CN(C)CCNS(=O)(=O)c1ccc(Nc2nccc(-c3ccc(F)cc3)n2)cc1. The summed E-state index contributed by atoms with van der Waals surface area (Å²) in [7, 11) is 0.196. The third kappa shape index (κ3) is 5.80. The van der Waals surface area contributed by atoms with Gasteiger partial charge in [0.25, 0.3) is 0 Å². The summed E-state index contributed by atoms with van der Waals surface area (Å²) in [5.41, 5.74) is 2.06. The van der Waals surface area contributed by atoms with Gasteiger partial charge in [-0.1, -0.05) is 0 Å². The zero-order valence-electron chi connectivity index (χ0n) is 16.1. The van der Waals surface area contributed by atoms with E-state index in [-0.39, 0.29) is 10.7 Å². The summed E-state index contributed by atoms with van der Waals surface area (Å²) in [5.74, 6) is 0.0407. The summed E-state index contributed by atoms with van der Waals surface area (Å²) in [6, 6.07) is 14.1. The zero-order chi connectivity index (χ0) is 20.9. The number of sulfonamides is 1. The normalized spacial score (nSPS) is 11.6. The number of nitrogens with zero attached hydrogens (tertiary/aromatic N) is 3. The molecule has 0 aliphatic rings. The fourth-order valence-electron chi connectivity index (χ4n) is 2.53. The molecule has 7 nitrogen and oxygen atoms in total. The summed E-state index contributed by atoms with van der Waals surface area (Å²) in [4.78, 5) is 10.7. The van der Waals surface area contributed by atoms with Crippen LogP contribution >= 0.6 is 0 Å². The Hall–Kier alpha value is -2.88. The Kier molecular flexibility index (Phi) is 6.53. The second-order valence-corrected chi connectivity index (χ2v) is 8.39. The van der Waals surface area contributed by atoms with Crippen molar-refractivity contribution in [3.8, 4) is 11.3 Å². The summed E-state index contributed by atoms with van der Waals surface area (Å²) < 4.78 is 40.3. The van der Waals surface area contributed by atoms with Gasteiger partial charge < -0.3 is 10.2 Å². The third-order valence-corrected chi connectivity index (χ3v) is 5.54. The molecular weight excluding hydrogens is 393 g/mol. The van der Waals surface area contributed by atoms with Crippen molar-refractivity contribution in [1.82, 2.24) is 19.6 Å². The van der Waals surface area contributed by atoms with Crippen molar-refractivity contribution in [2.75, 3.05) is 32.5 Å². The first-order chi connectivity index (χ1) is 13.8. The number of benzene rings is 2. The smallest absolute Gasteiger partial charge is 0.240 e. The van der Waals surface area contributed by atoms with Gasteiger partial charge in [0.2, 0.25) is 16.0 Å². The van der Waals surface area contributed by atoms with E-state index < -0.39 is 10.0 Å². The molecule has 0 fully saturated rings. The Balaban J connectivity index is 1.70. The Bertz CT molecular complexity index is 1050. The summed E-state index contributed by atoms with van der Waals surface area (Å²) in [5, 5.41) is 3.04. The van der Waals surface area contributed by atoms with Gasteiger partial charge in [0.1, 0.15) is 5.82 Å². The lowest BCUT2D eigenvalue weighted by atomic mass is 10.1. The van der Waals surface area contributed by atoms with Crippen LogP contribution in [0.15, 0.2) is 65.7 Å². The molecule has 0 saturated carbocycles. The van der Waals surface area contributed by atoms with Crippen LogP contribution in [0.3, 0.4) is 0 Å². The lowest BCUT2D eigenvalue weighted by Crippen LogP contribution is -2.31. The van der Waals surface area contributed by atoms with E-state index in [9.17, 15) is 12.8 Å². The van der Waals surface area contributed by atoms with Gasteiger partial charge >= 0.3 is 0 Å². The predicted molar refractivity (Wildman–Crippen MR) is 111 cm³/mol. The lowest BCUT2D eigenvalue weighted by Gasteiger charge is -2.11. The minimum Gasteiger partial charge on any atom is -0.324 e. The number of nitrogens with one attached hydrogen (secondary N) is 2. The van der Waals surface area contributed by atoms with Crippen molar-refractivity contribution in [1.29, 1.82) is 0 Å². The molecule has 0 unspecified atom stereocenters. The van der Waals surface area contributed by atoms with E-state index in [1.54, 1.807) is 36.5 Å². The number of rotatable bonds is 8. The second-order valence-electron chi connectivity index (χ2n) is 6.62. The highest BCUT2D eigenvalue weighted by Gasteiger charge is 2.13. The van der Waals surface area contributed by atoms with Gasteiger partial charge in [0.05, 0.1) is 10.6 Å². The van der Waals surface area contributed by atoms with Crippen LogP contribution in [0.1, 0.15) is 0 Å². The van der Waals surface area contributed by atoms with E-state index >= 15 is 0 Å². The van der Waals surface area contributed by atoms with Crippen molar-refractivity contribution in [2.24, 2.45) is 0 Å². The molecule has 3 rings (SSSR count). The first-order valence-corrected chi connectivity index (χ1v) is 10.4. The number of aromatic nitrogens is 2. The van der Waals surface area contributed by atoms with Gasteiger partial charge in [-0.05, 0) is 68.7 Å². The third-order valence-electron chi connectivity index (χ3n) is 4.07. The highest BCUT2D eigenvalue weighted by molar-refractivity contribution is 7.89. The van der Waals surface area contributed by atoms with Crippen molar-refractivity contribution >= 4 is 21.7 Å². The number of hydrogen-bond donors (Lipinski definition) is 2. The minimum absolute atomic E-state index is 0.183. The largest absolute Gasteiger partial charge is 0.324 e. The quantitative estimate of drug-likeness (QED) is 0.588. The fraction of sp³-hybridized carbons (Fsp3) is 0.200. The van der Waals surface area contributed by atoms with Gasteiger partial charge in [-0.3, -0.25) is 0 Å². The maximum absolute atomic E-state index is 13.1. The molecule has 1 aromatic heterocycles. The molecule has 0 aliphatic carbocycles. The van der Waals surface area contributed by atoms with Gasteiger partial charge in [0, 0.05) is 30.5 Å². The number of halogens is 1. The minimum atomic E-state index is -3.56. The van der Waals surface area contributed by atoms with Gasteiger partial charge in [-0.25, -0.2) is 27.5 Å². The van der Waals surface area contributed by atoms with Crippen LogP contribution in [-0.4, -0.2) is 50.5 Å². The molecule has 0 bridgehead atoms. The van der Waals surface area contributed by atoms with E-state index in [0.29, 0.717) is 30.4 Å². The van der Waals surface area contributed by atoms with Crippen LogP contribution in [0.4, 0.5) is 16.0 Å². The van der Waals surface area contributed by atoms with E-state index in [4.69, 9.17) is 0 Å². The molecular formula is C20H22FN5O2S. The highest BCUT2D eigenvalue weighted by Crippen LogP contribution is 2.21. The molecule has 0 aliphatic heterocycles. The first kappa shape index (κ1) is 20.8. The molecule has 0 atom stereocenters. The van der Waals surface area contributed by atoms with E-state index in [1.165, 1.54) is 24.3 Å². The number of likely N-dealkylation sites (N-methyl/N-ethyl adjacent to an activating group) is 1. The maximum Gasteiger partial charge on any atom is 0.240 e. The van der Waals surface area contributed by atoms with Crippen molar-refractivity contribution in [2.45, 2.75) is 4.90 Å². The van der Waals surface area contributed by atoms with Gasteiger partial charge in [-0.2, -0.15) is 0 Å². The summed E-state index contributed by atoms with van der Waals surface area (Å²) >= 11 is 0. The van der Waals surface area contributed by atoms with Crippen LogP contribution in [-0.2, 0) is 10.0 Å². The second kappa shape index (κ2) is 9.08. The molecule has 0 spiro atoms. The Labute approximate surface area is 169 Å². The summed E-state index contributed by atoms with van der Waals surface area (Å²) in [6.07, 6.45) is 1.60. The molecule has 9 heteroatoms. The lowest BCUT2D eigenvalue weighted by molar-refractivity contribution is 0.412. The molecule has 1 heterocycles. The molecule has 152 valence electrons. The Morgan fingerprint density at radius 1 is 1.00 bits per heavy atom. The molecule has 0 saturated heterocycles. The Morgan fingerprint density at radius 2 is 1.69 bits per heavy atom. The van der Waals surface area contributed by atoms with Crippen LogP contribution < -0.4 is 10.0 Å². The van der Waals surface area contributed by atoms with Gasteiger partial charge in [-0.15, -0.1) is 0 Å². The number of hydrogen-bond acceptors (Lipinski definition) is 6. The number of anilines is 2. The molecule has 0 radical (unpaired) electrons. The van der Waals surface area contributed by atoms with E-state index in [2.05, 4.69) is 20.0 Å². The van der Waals surface area contributed by atoms with Crippen molar-refractivity contribution in [3.63, 3.8) is 0 Å². The molecule has 29 heavy (non-hydrogen) atoms. The van der Waals surface area contributed by atoms with E-state index in [1.807, 2.05) is 19.0 Å². The first-order valence-electron chi connectivity index (χ1n) is 8.94. The molecule has 3 aromatic rings. The summed E-state index contributed by atoms with van der Waals surface area (Å²) in [6.45, 7) is 0.944. The van der Waals surface area contributed by atoms with Crippen LogP contribution in [0.25, 0.3) is 11.3 Å². The van der Waals surface area contributed by atoms with E-state index in [0.717, 1.165) is 5.56 Å². The monoisotopic (exact) mass is 415 g/mol. The highest BCUT2D eigenvalue weighted by atomic mass is 32.2. The fourth-order valence-corrected chi connectivity index (χ4v) is 3.55. The predicted octanol–water partition coefficient (Wildman–Crippen LogP) is 2.87. The van der Waals surface area contributed by atoms with Crippen LogP contribution in [0, 0.1) is 5.82 Å². The van der Waals surface area contributed by atoms with Crippen LogP contribution in [0.2, 0.25) is 0 Å². The molecule has 0 amide bonds. The van der Waals surface area contributed by atoms with Crippen LogP contribution in [0.5, 0.6) is 0 Å². The maximum atomic E-state index is 13.1. The average molecular weight is 415 g/mol. The Morgan fingerprint density at radius 3 is 2.34 bits per heavy atom. The standard InChI is InChI=1S/C20H22FN5O2S/c1-26(2)14-13-23-29(27,28)18-9-7-17(8-10-18)24-20-22-12-11-19(25-20)15-3-5-16(21)6-4-15/h3-12,23H,13-14H2,1-2H3,(H,22,24,25). The molecule has 2 N–H and O–H groups in total. The van der Waals surface area contributed by atoms with Crippen molar-refractivity contribution < 1.29 is 12.8 Å². The molecule has 2 aromatic carbocycles. The zero-order valence-corrected chi connectivity index (χ0v) is 16.9.